The normalized spacial score (nSPS) is 19.5. The lowest BCUT2D eigenvalue weighted by Crippen LogP contribution is -2.25. The molecule has 0 bridgehead atoms. The Labute approximate surface area is 105 Å². The van der Waals surface area contributed by atoms with Gasteiger partial charge in [0.25, 0.3) is 0 Å². The van der Waals surface area contributed by atoms with Crippen molar-refractivity contribution in [2.24, 2.45) is 0 Å². The number of carbonyl (C=O) groups is 1. The minimum absolute atomic E-state index is 0.0607. The fourth-order valence-corrected chi connectivity index (χ4v) is 2.37. The molecule has 0 amide bonds. The van der Waals surface area contributed by atoms with Crippen molar-refractivity contribution in [2.45, 2.75) is 31.7 Å². The van der Waals surface area contributed by atoms with Gasteiger partial charge in [-0.15, -0.1) is 0 Å². The molecule has 1 saturated heterocycles. The van der Waals surface area contributed by atoms with Gasteiger partial charge in [-0.3, -0.25) is 4.79 Å². The molecule has 0 aromatic heterocycles. The standard InChI is InChI=1S/C13H15ClFNO/c14-12-5-1-3-9(13(12)15)7-11(17)8-10-4-2-6-16-10/h1,3,5,10,16H,2,4,6-8H2. The Morgan fingerprint density at radius 1 is 1.53 bits per heavy atom. The molecule has 1 aromatic rings. The van der Waals surface area contributed by atoms with Crippen molar-refractivity contribution in [2.75, 3.05) is 6.54 Å². The van der Waals surface area contributed by atoms with Crippen molar-refractivity contribution in [1.29, 1.82) is 0 Å². The third kappa shape index (κ3) is 3.27. The smallest absolute Gasteiger partial charge is 0.145 e. The molecular weight excluding hydrogens is 241 g/mol. The largest absolute Gasteiger partial charge is 0.314 e. The maximum atomic E-state index is 13.6. The third-order valence-corrected chi connectivity index (χ3v) is 3.35. The molecule has 1 aromatic carbocycles. The summed E-state index contributed by atoms with van der Waals surface area (Å²) in [6.07, 6.45) is 2.75. The van der Waals surface area contributed by atoms with Gasteiger partial charge in [0.2, 0.25) is 0 Å². The van der Waals surface area contributed by atoms with E-state index in [1.165, 1.54) is 6.07 Å². The molecule has 0 spiro atoms. The van der Waals surface area contributed by atoms with Gasteiger partial charge in [0.05, 0.1) is 5.02 Å². The fourth-order valence-electron chi connectivity index (χ4n) is 2.18. The van der Waals surface area contributed by atoms with Crippen molar-refractivity contribution in [3.05, 3.63) is 34.6 Å². The van der Waals surface area contributed by atoms with Gasteiger partial charge >= 0.3 is 0 Å². The molecule has 92 valence electrons. The minimum atomic E-state index is -0.470. The van der Waals surface area contributed by atoms with Gasteiger partial charge < -0.3 is 5.32 Å². The van der Waals surface area contributed by atoms with E-state index in [9.17, 15) is 9.18 Å². The summed E-state index contributed by atoms with van der Waals surface area (Å²) in [5.41, 5.74) is 0.389. The second-order valence-electron chi connectivity index (χ2n) is 4.43. The maximum absolute atomic E-state index is 13.6. The number of hydrogen-bond acceptors (Lipinski definition) is 2. The zero-order valence-corrected chi connectivity index (χ0v) is 10.3. The Balaban J connectivity index is 1.95. The van der Waals surface area contributed by atoms with E-state index in [0.717, 1.165) is 19.4 Å². The Kier molecular flexibility index (Phi) is 4.13. The van der Waals surface area contributed by atoms with Crippen molar-refractivity contribution < 1.29 is 9.18 Å². The van der Waals surface area contributed by atoms with Crippen LogP contribution in [0.25, 0.3) is 0 Å². The van der Waals surface area contributed by atoms with Crippen molar-refractivity contribution in [1.82, 2.24) is 5.32 Å². The molecule has 1 N–H and O–H groups in total. The lowest BCUT2D eigenvalue weighted by Gasteiger charge is -2.09. The van der Waals surface area contributed by atoms with E-state index in [1.807, 2.05) is 0 Å². The molecule has 2 rings (SSSR count). The molecule has 1 unspecified atom stereocenters. The van der Waals surface area contributed by atoms with Gasteiger partial charge in [-0.05, 0) is 31.0 Å². The van der Waals surface area contributed by atoms with Crippen molar-refractivity contribution in [3.63, 3.8) is 0 Å². The Morgan fingerprint density at radius 2 is 2.35 bits per heavy atom. The number of nitrogens with one attached hydrogen (secondary N) is 1. The highest BCUT2D eigenvalue weighted by molar-refractivity contribution is 6.30. The Bertz CT molecular complexity index is 416. The van der Waals surface area contributed by atoms with Gasteiger partial charge in [-0.2, -0.15) is 0 Å². The summed E-state index contributed by atoms with van der Waals surface area (Å²) in [6.45, 7) is 0.976. The van der Waals surface area contributed by atoms with E-state index in [4.69, 9.17) is 11.6 Å². The van der Waals surface area contributed by atoms with Crippen molar-refractivity contribution >= 4 is 17.4 Å². The van der Waals surface area contributed by atoms with Gasteiger partial charge in [-0.1, -0.05) is 23.7 Å². The lowest BCUT2D eigenvalue weighted by atomic mass is 10.0. The molecule has 17 heavy (non-hydrogen) atoms. The van der Waals surface area contributed by atoms with Crippen LogP contribution < -0.4 is 5.32 Å². The average molecular weight is 256 g/mol. The third-order valence-electron chi connectivity index (χ3n) is 3.06. The highest BCUT2D eigenvalue weighted by Gasteiger charge is 2.18. The van der Waals surface area contributed by atoms with Gasteiger partial charge in [0, 0.05) is 18.9 Å². The maximum Gasteiger partial charge on any atom is 0.145 e. The van der Waals surface area contributed by atoms with Crippen LogP contribution in [0.4, 0.5) is 4.39 Å². The molecule has 1 aliphatic rings. The van der Waals surface area contributed by atoms with Crippen LogP contribution in [0, 0.1) is 5.82 Å². The summed E-state index contributed by atoms with van der Waals surface area (Å²) in [6, 6.07) is 5.04. The fraction of sp³-hybridized carbons (Fsp3) is 0.462. The predicted molar refractivity (Wildman–Crippen MR) is 65.8 cm³/mol. The molecule has 1 aliphatic heterocycles. The molecule has 1 atom stereocenters. The second kappa shape index (κ2) is 5.61. The van der Waals surface area contributed by atoms with E-state index in [2.05, 4.69) is 5.32 Å². The van der Waals surface area contributed by atoms with Crippen LogP contribution in [-0.2, 0) is 11.2 Å². The van der Waals surface area contributed by atoms with E-state index in [0.29, 0.717) is 12.0 Å². The van der Waals surface area contributed by atoms with Crippen LogP contribution in [-0.4, -0.2) is 18.4 Å². The Morgan fingerprint density at radius 3 is 3.06 bits per heavy atom. The van der Waals surface area contributed by atoms with Crippen LogP contribution in [0.15, 0.2) is 18.2 Å². The molecule has 0 saturated carbocycles. The first kappa shape index (κ1) is 12.5. The summed E-state index contributed by atoms with van der Waals surface area (Å²) < 4.78 is 13.6. The average Bonchev–Trinajstić information content (AvgIpc) is 2.77. The molecule has 0 aliphatic carbocycles. The second-order valence-corrected chi connectivity index (χ2v) is 4.83. The topological polar surface area (TPSA) is 29.1 Å². The highest BCUT2D eigenvalue weighted by atomic mass is 35.5. The van der Waals surface area contributed by atoms with E-state index < -0.39 is 5.82 Å². The lowest BCUT2D eigenvalue weighted by molar-refractivity contribution is -0.118. The van der Waals surface area contributed by atoms with Gasteiger partial charge in [-0.25, -0.2) is 4.39 Å². The summed E-state index contributed by atoms with van der Waals surface area (Å²) in [5.74, 6) is -0.410. The SMILES string of the molecule is O=C(Cc1cccc(Cl)c1F)CC1CCCN1. The molecular formula is C13H15ClFNO. The quantitative estimate of drug-likeness (QED) is 0.896. The van der Waals surface area contributed by atoms with Crippen LogP contribution in [0.1, 0.15) is 24.8 Å². The molecule has 1 fully saturated rings. The number of carbonyl (C=O) groups excluding carboxylic acids is 1. The first-order valence-electron chi connectivity index (χ1n) is 5.85. The Hall–Kier alpha value is -0.930. The number of halogens is 2. The summed E-state index contributed by atoms with van der Waals surface area (Å²) in [7, 11) is 0. The molecule has 4 heteroatoms. The number of Topliss-reactive ketones (excluding diaryl/α,β-unsaturated/α-hetero) is 1. The monoisotopic (exact) mass is 255 g/mol. The summed E-state index contributed by atoms with van der Waals surface area (Å²) >= 11 is 5.67. The number of ketones is 1. The molecule has 1 heterocycles. The number of rotatable bonds is 4. The highest BCUT2D eigenvalue weighted by Crippen LogP contribution is 2.19. The van der Waals surface area contributed by atoms with E-state index in [1.54, 1.807) is 12.1 Å². The van der Waals surface area contributed by atoms with Crippen molar-refractivity contribution in [3.8, 4) is 0 Å². The van der Waals surface area contributed by atoms with E-state index >= 15 is 0 Å². The minimum Gasteiger partial charge on any atom is -0.314 e. The molecule has 2 nitrogen and oxygen atoms in total. The predicted octanol–water partition coefficient (Wildman–Crippen LogP) is 2.73. The van der Waals surface area contributed by atoms with Crippen LogP contribution >= 0.6 is 11.6 Å². The van der Waals surface area contributed by atoms with E-state index in [-0.39, 0.29) is 23.3 Å². The van der Waals surface area contributed by atoms with Gasteiger partial charge in [0.15, 0.2) is 0 Å². The van der Waals surface area contributed by atoms with Crippen LogP contribution in [0.2, 0.25) is 5.02 Å². The zero-order chi connectivity index (χ0) is 12.3. The van der Waals surface area contributed by atoms with Gasteiger partial charge in [0.1, 0.15) is 11.6 Å². The summed E-state index contributed by atoms with van der Waals surface area (Å²) in [4.78, 5) is 11.8. The van der Waals surface area contributed by atoms with Crippen LogP contribution in [0.5, 0.6) is 0 Å². The first-order valence-corrected chi connectivity index (χ1v) is 6.22. The molecule has 0 radical (unpaired) electrons. The first-order chi connectivity index (χ1) is 8.16. The zero-order valence-electron chi connectivity index (χ0n) is 9.51. The number of benzene rings is 1. The summed E-state index contributed by atoms with van der Waals surface area (Å²) in [5, 5.41) is 3.34. The van der Waals surface area contributed by atoms with Crippen LogP contribution in [0.3, 0.4) is 0 Å². The number of hydrogen-bond donors (Lipinski definition) is 1.